The van der Waals surface area contributed by atoms with E-state index in [9.17, 15) is 4.79 Å². The molecular weight excluding hydrogens is 264 g/mol. The van der Waals surface area contributed by atoms with E-state index < -0.39 is 5.97 Å². The highest BCUT2D eigenvalue weighted by molar-refractivity contribution is 6.00. The van der Waals surface area contributed by atoms with Crippen molar-refractivity contribution in [3.05, 3.63) is 66.2 Å². The van der Waals surface area contributed by atoms with Crippen LogP contribution in [-0.2, 0) is 0 Å². The molecule has 0 aliphatic rings. The lowest BCUT2D eigenvalue weighted by Crippen LogP contribution is -2.05. The molecule has 0 spiro atoms. The van der Waals surface area contributed by atoms with Crippen molar-refractivity contribution in [1.82, 2.24) is 0 Å². The first-order chi connectivity index (χ1) is 10.2. The maximum Gasteiger partial charge on any atom is 0.337 e. The van der Waals surface area contributed by atoms with E-state index in [0.717, 1.165) is 16.5 Å². The molecule has 0 aliphatic carbocycles. The quantitative estimate of drug-likeness (QED) is 0.636. The van der Waals surface area contributed by atoms with Crippen molar-refractivity contribution < 1.29 is 9.90 Å². The van der Waals surface area contributed by atoms with Gasteiger partial charge in [-0.05, 0) is 23.6 Å². The minimum Gasteiger partial charge on any atom is -0.478 e. The largest absolute Gasteiger partial charge is 0.478 e. The van der Waals surface area contributed by atoms with Gasteiger partial charge in [-0.1, -0.05) is 42.5 Å². The highest BCUT2D eigenvalue weighted by Crippen LogP contribution is 2.30. The zero-order valence-corrected chi connectivity index (χ0v) is 11.2. The van der Waals surface area contributed by atoms with Crippen molar-refractivity contribution in [3.63, 3.8) is 0 Å². The van der Waals surface area contributed by atoms with Crippen molar-refractivity contribution in [2.75, 3.05) is 11.1 Å². The maximum absolute atomic E-state index is 11.1. The van der Waals surface area contributed by atoms with E-state index in [1.807, 2.05) is 42.5 Å². The topological polar surface area (TPSA) is 75.3 Å². The van der Waals surface area contributed by atoms with Gasteiger partial charge < -0.3 is 16.2 Å². The number of nitrogens with one attached hydrogen (secondary N) is 1. The number of aromatic carboxylic acids is 1. The van der Waals surface area contributed by atoms with Crippen molar-refractivity contribution in [2.24, 2.45) is 0 Å². The Morgan fingerprint density at radius 3 is 2.38 bits per heavy atom. The van der Waals surface area contributed by atoms with E-state index in [1.54, 1.807) is 12.1 Å². The fourth-order valence-corrected chi connectivity index (χ4v) is 2.34. The van der Waals surface area contributed by atoms with E-state index in [1.165, 1.54) is 6.07 Å². The van der Waals surface area contributed by atoms with E-state index in [2.05, 4.69) is 5.32 Å². The Morgan fingerprint density at radius 1 is 0.905 bits per heavy atom. The minimum absolute atomic E-state index is 0.0974. The molecule has 0 aromatic heterocycles. The second kappa shape index (κ2) is 5.17. The number of anilines is 3. The van der Waals surface area contributed by atoms with Gasteiger partial charge in [0.25, 0.3) is 0 Å². The fraction of sp³-hybridized carbons (Fsp3) is 0. The Morgan fingerprint density at radius 2 is 1.57 bits per heavy atom. The van der Waals surface area contributed by atoms with Crippen LogP contribution in [0.1, 0.15) is 10.4 Å². The summed E-state index contributed by atoms with van der Waals surface area (Å²) in [6.07, 6.45) is 0. The molecule has 4 heteroatoms. The lowest BCUT2D eigenvalue weighted by atomic mass is 10.1. The van der Waals surface area contributed by atoms with Crippen LogP contribution in [-0.4, -0.2) is 11.1 Å². The summed E-state index contributed by atoms with van der Waals surface area (Å²) in [5.41, 5.74) is 7.74. The van der Waals surface area contributed by atoms with Crippen LogP contribution in [0.25, 0.3) is 10.8 Å². The average Bonchev–Trinajstić information content (AvgIpc) is 2.49. The van der Waals surface area contributed by atoms with Gasteiger partial charge >= 0.3 is 5.97 Å². The van der Waals surface area contributed by atoms with E-state index in [-0.39, 0.29) is 11.3 Å². The molecule has 0 bridgehead atoms. The molecule has 0 unspecified atom stereocenters. The molecule has 0 radical (unpaired) electrons. The molecule has 4 nitrogen and oxygen atoms in total. The third-order valence-corrected chi connectivity index (χ3v) is 3.40. The second-order valence-electron chi connectivity index (χ2n) is 4.72. The average molecular weight is 278 g/mol. The summed E-state index contributed by atoms with van der Waals surface area (Å²) in [6, 6.07) is 18.8. The number of para-hydroxylation sites is 1. The SMILES string of the molecule is Nc1c(Nc2cccc3ccccc23)cccc1C(=O)O. The first kappa shape index (κ1) is 13.0. The fourth-order valence-electron chi connectivity index (χ4n) is 2.34. The van der Waals surface area contributed by atoms with E-state index in [4.69, 9.17) is 10.8 Å². The number of benzene rings is 3. The smallest absolute Gasteiger partial charge is 0.337 e. The van der Waals surface area contributed by atoms with Gasteiger partial charge in [0.05, 0.1) is 16.9 Å². The van der Waals surface area contributed by atoms with Crippen LogP contribution in [0.5, 0.6) is 0 Å². The summed E-state index contributed by atoms with van der Waals surface area (Å²) in [6.45, 7) is 0. The van der Waals surface area contributed by atoms with Crippen molar-refractivity contribution in [2.45, 2.75) is 0 Å². The predicted octanol–water partition coefficient (Wildman–Crippen LogP) is 3.86. The highest BCUT2D eigenvalue weighted by atomic mass is 16.4. The summed E-state index contributed by atoms with van der Waals surface area (Å²) >= 11 is 0. The van der Waals surface area contributed by atoms with Gasteiger partial charge in [-0.2, -0.15) is 0 Å². The molecule has 3 aromatic carbocycles. The summed E-state index contributed by atoms with van der Waals surface area (Å²) in [4.78, 5) is 11.1. The lowest BCUT2D eigenvalue weighted by molar-refractivity contribution is 0.0698. The Hall–Kier alpha value is -3.01. The standard InChI is InChI=1S/C17H14N2O2/c18-16-13(17(20)21)8-4-10-15(16)19-14-9-3-6-11-5-1-2-7-12(11)14/h1-10,19H,18H2,(H,20,21). The molecule has 0 saturated carbocycles. The molecule has 0 saturated heterocycles. The molecule has 0 amide bonds. The van der Waals surface area contributed by atoms with E-state index in [0.29, 0.717) is 5.69 Å². The normalized spacial score (nSPS) is 10.5. The highest BCUT2D eigenvalue weighted by Gasteiger charge is 2.11. The molecule has 3 aromatic rings. The molecule has 0 heterocycles. The number of rotatable bonds is 3. The third-order valence-electron chi connectivity index (χ3n) is 3.40. The van der Waals surface area contributed by atoms with Crippen LogP contribution >= 0.6 is 0 Å². The monoisotopic (exact) mass is 278 g/mol. The number of hydrogen-bond donors (Lipinski definition) is 3. The summed E-state index contributed by atoms with van der Waals surface area (Å²) in [5.74, 6) is -1.03. The molecule has 21 heavy (non-hydrogen) atoms. The summed E-state index contributed by atoms with van der Waals surface area (Å²) in [7, 11) is 0. The number of carboxylic acid groups (broad SMARTS) is 1. The number of hydrogen-bond acceptors (Lipinski definition) is 3. The molecule has 0 aliphatic heterocycles. The van der Waals surface area contributed by atoms with Crippen LogP contribution in [0.3, 0.4) is 0 Å². The number of fused-ring (bicyclic) bond motifs is 1. The van der Waals surface area contributed by atoms with Gasteiger partial charge in [0.1, 0.15) is 0 Å². The van der Waals surface area contributed by atoms with Gasteiger partial charge in [0, 0.05) is 11.1 Å². The van der Waals surface area contributed by atoms with Crippen LogP contribution < -0.4 is 11.1 Å². The van der Waals surface area contributed by atoms with Crippen LogP contribution in [0.2, 0.25) is 0 Å². The van der Waals surface area contributed by atoms with Gasteiger partial charge in [-0.25, -0.2) is 4.79 Å². The Bertz CT molecular complexity index is 823. The number of carbonyl (C=O) groups is 1. The van der Waals surface area contributed by atoms with Gasteiger partial charge in [0.2, 0.25) is 0 Å². The number of nitrogen functional groups attached to an aromatic ring is 1. The van der Waals surface area contributed by atoms with E-state index >= 15 is 0 Å². The van der Waals surface area contributed by atoms with Gasteiger partial charge in [0.15, 0.2) is 0 Å². The lowest BCUT2D eigenvalue weighted by Gasteiger charge is -2.13. The Kier molecular flexibility index (Phi) is 3.20. The number of carboxylic acids is 1. The maximum atomic E-state index is 11.1. The zero-order chi connectivity index (χ0) is 14.8. The molecule has 4 N–H and O–H groups in total. The Labute approximate surface area is 121 Å². The first-order valence-corrected chi connectivity index (χ1v) is 6.53. The molecule has 0 atom stereocenters. The second-order valence-corrected chi connectivity index (χ2v) is 4.72. The third kappa shape index (κ3) is 2.39. The van der Waals surface area contributed by atoms with Crippen LogP contribution in [0.4, 0.5) is 17.1 Å². The molecular formula is C17H14N2O2. The van der Waals surface area contributed by atoms with Crippen molar-refractivity contribution in [1.29, 1.82) is 0 Å². The minimum atomic E-state index is -1.03. The van der Waals surface area contributed by atoms with Crippen LogP contribution in [0.15, 0.2) is 60.7 Å². The summed E-state index contributed by atoms with van der Waals surface area (Å²) in [5, 5.41) is 14.5. The molecule has 0 fully saturated rings. The first-order valence-electron chi connectivity index (χ1n) is 6.53. The van der Waals surface area contributed by atoms with Gasteiger partial charge in [-0.3, -0.25) is 0 Å². The predicted molar refractivity (Wildman–Crippen MR) is 85.0 cm³/mol. The van der Waals surface area contributed by atoms with Crippen molar-refractivity contribution >= 4 is 33.8 Å². The molecule has 104 valence electrons. The van der Waals surface area contributed by atoms with Crippen molar-refractivity contribution in [3.8, 4) is 0 Å². The number of nitrogens with two attached hydrogens (primary N) is 1. The van der Waals surface area contributed by atoms with Gasteiger partial charge in [-0.15, -0.1) is 0 Å². The molecule has 3 rings (SSSR count). The Balaban J connectivity index is 2.07. The van der Waals surface area contributed by atoms with Crippen LogP contribution in [0, 0.1) is 0 Å². The zero-order valence-electron chi connectivity index (χ0n) is 11.2. The summed E-state index contributed by atoms with van der Waals surface area (Å²) < 4.78 is 0.